The Hall–Kier alpha value is -0.390. The van der Waals surface area contributed by atoms with Gasteiger partial charge in [0.05, 0.1) is 0 Å². The Balaban J connectivity index is -0.0000000462. The van der Waals surface area contributed by atoms with E-state index in [-0.39, 0.29) is 5.48 Å². The van der Waals surface area contributed by atoms with Gasteiger partial charge < -0.3 is 5.48 Å². The second kappa shape index (κ2) is 46.1. The lowest BCUT2D eigenvalue weighted by Gasteiger charge is -1.62. The van der Waals surface area contributed by atoms with Crippen molar-refractivity contribution >= 4 is 8.58 Å². The van der Waals surface area contributed by atoms with E-state index in [2.05, 4.69) is 26.5 Å². The first-order valence-electron chi connectivity index (χ1n) is 3.65. The van der Waals surface area contributed by atoms with Crippen molar-refractivity contribution in [1.82, 2.24) is 0 Å². The van der Waals surface area contributed by atoms with Crippen LogP contribution in [0.15, 0.2) is 37.5 Å². The molecule has 12 heavy (non-hydrogen) atoms. The fourth-order valence-electron chi connectivity index (χ4n) is 0.222. The van der Waals surface area contributed by atoms with Gasteiger partial charge in [0.15, 0.2) is 0 Å². The van der Waals surface area contributed by atoms with Crippen LogP contribution >= 0.6 is 8.58 Å². The highest BCUT2D eigenvalue weighted by atomic mass is 31.1. The van der Waals surface area contributed by atoms with Gasteiger partial charge in [-0.1, -0.05) is 24.3 Å². The Bertz CT molecular complexity index is 77.8. The van der Waals surface area contributed by atoms with Crippen molar-refractivity contribution in [2.24, 2.45) is 0 Å². The lowest BCUT2D eigenvalue weighted by molar-refractivity contribution is 0.824. The van der Waals surface area contributed by atoms with Crippen LogP contribution in [0.4, 0.5) is 0 Å². The molecule has 0 spiro atoms. The van der Waals surface area contributed by atoms with Gasteiger partial charge in [0.1, 0.15) is 0 Å². The smallest absolute Gasteiger partial charge is 0.0467 e. The van der Waals surface area contributed by atoms with Crippen LogP contribution in [0.2, 0.25) is 0 Å². The molecule has 0 aliphatic carbocycles. The summed E-state index contributed by atoms with van der Waals surface area (Å²) < 4.78 is 0. The zero-order chi connectivity index (χ0) is 9.54. The largest absolute Gasteiger partial charge is 0.412 e. The molecule has 0 aromatic heterocycles. The minimum Gasteiger partial charge on any atom is -0.412 e. The lowest BCUT2D eigenvalue weighted by Crippen LogP contribution is -1.40. The molecule has 2 N–H and O–H groups in total. The van der Waals surface area contributed by atoms with Crippen LogP contribution in [-0.4, -0.2) is 18.8 Å². The summed E-state index contributed by atoms with van der Waals surface area (Å²) in [6, 6.07) is 0. The molecule has 0 aromatic rings. The average molecular weight is 190 g/mol. The first-order valence-corrected chi connectivity index (χ1v) is 5.65. The second-order valence-corrected chi connectivity index (χ2v) is 2.55. The van der Waals surface area contributed by atoms with E-state index in [1.165, 1.54) is 0 Å². The monoisotopic (exact) mass is 190 g/mol. The molecule has 0 aromatic carbocycles. The maximum Gasteiger partial charge on any atom is -0.0467 e. The zero-order valence-electron chi connectivity index (χ0n) is 8.72. The molecule has 0 saturated heterocycles. The Morgan fingerprint density at radius 2 is 1.08 bits per heavy atom. The van der Waals surface area contributed by atoms with E-state index < -0.39 is 0 Å². The molecule has 0 rings (SSSR count). The summed E-state index contributed by atoms with van der Waals surface area (Å²) in [5, 5.41) is 0. The van der Waals surface area contributed by atoms with E-state index in [1.54, 1.807) is 0 Å². The third-order valence-electron chi connectivity index (χ3n) is 0.496. The summed E-state index contributed by atoms with van der Waals surface area (Å²) >= 11 is 0. The lowest BCUT2D eigenvalue weighted by atomic mass is 10.5. The van der Waals surface area contributed by atoms with Crippen LogP contribution in [0.5, 0.6) is 0 Å². The summed E-state index contributed by atoms with van der Waals surface area (Å²) in [6.07, 6.45) is 8.00. The molecule has 0 unspecified atom stereocenters. The maximum atomic E-state index is 3.00. The molecule has 0 atom stereocenters. The van der Waals surface area contributed by atoms with Crippen LogP contribution in [0.25, 0.3) is 0 Å². The minimum atomic E-state index is 0. The summed E-state index contributed by atoms with van der Waals surface area (Å²) in [5.41, 5.74) is 0. The molecule has 0 saturated carbocycles. The van der Waals surface area contributed by atoms with Crippen molar-refractivity contribution in [2.45, 2.75) is 13.8 Å². The van der Waals surface area contributed by atoms with E-state index in [9.17, 15) is 0 Å². The number of allylic oxidation sites excluding steroid dienone is 4. The van der Waals surface area contributed by atoms with Gasteiger partial charge in [-0.05, 0) is 27.2 Å². The Kier molecular flexibility index (Phi) is 86.7. The first-order chi connectivity index (χ1) is 5.33. The van der Waals surface area contributed by atoms with Gasteiger partial charge in [-0.25, -0.2) is 0 Å². The van der Waals surface area contributed by atoms with Crippen molar-refractivity contribution < 1.29 is 5.48 Å². The van der Waals surface area contributed by atoms with Crippen LogP contribution in [0, 0.1) is 0 Å². The van der Waals surface area contributed by atoms with Crippen molar-refractivity contribution in [2.75, 3.05) is 13.3 Å². The van der Waals surface area contributed by atoms with Gasteiger partial charge in [-0.3, -0.25) is 0 Å². The highest BCUT2D eigenvalue weighted by Gasteiger charge is 1.48. The van der Waals surface area contributed by atoms with E-state index in [0.29, 0.717) is 0 Å². The maximum absolute atomic E-state index is 3.00. The van der Waals surface area contributed by atoms with Crippen LogP contribution in [0.1, 0.15) is 13.8 Å². The first kappa shape index (κ1) is 22.6. The zero-order valence-corrected chi connectivity index (χ0v) is 9.72. The van der Waals surface area contributed by atoms with Gasteiger partial charge in [0.25, 0.3) is 0 Å². The molecular formula is C10H23OP. The van der Waals surface area contributed by atoms with Crippen LogP contribution in [-0.2, 0) is 0 Å². The van der Waals surface area contributed by atoms with Gasteiger partial charge >= 0.3 is 0 Å². The molecule has 0 fully saturated rings. The standard InChI is InChI=1S/C6H10.C2H7P.C2H4.H2O/c1-3-5-6-4-2;1-3-2;1-2;/h3-6H,1-2H3;3H,1-2H3;1-2H2;1H2/b5-3-,6-4-;;;. The van der Waals surface area contributed by atoms with Crippen molar-refractivity contribution in [3.05, 3.63) is 37.5 Å². The highest BCUT2D eigenvalue weighted by Crippen LogP contribution is 1.84. The van der Waals surface area contributed by atoms with Crippen molar-refractivity contribution in [3.8, 4) is 0 Å². The quantitative estimate of drug-likeness (QED) is 0.346. The molecular weight excluding hydrogens is 167 g/mol. The molecule has 2 heteroatoms. The fraction of sp³-hybridized carbons (Fsp3) is 0.400. The second-order valence-electron chi connectivity index (χ2n) is 1.55. The van der Waals surface area contributed by atoms with Crippen molar-refractivity contribution in [3.63, 3.8) is 0 Å². The molecule has 1 nitrogen and oxygen atoms in total. The van der Waals surface area contributed by atoms with E-state index in [1.807, 2.05) is 38.2 Å². The van der Waals surface area contributed by atoms with Crippen LogP contribution < -0.4 is 0 Å². The van der Waals surface area contributed by atoms with Crippen LogP contribution in [0.3, 0.4) is 0 Å². The summed E-state index contributed by atoms with van der Waals surface area (Å²) in [4.78, 5) is 0. The van der Waals surface area contributed by atoms with E-state index in [0.717, 1.165) is 8.58 Å². The average Bonchev–Trinajstić information content (AvgIpc) is 2.06. The molecule has 0 aliphatic rings. The van der Waals surface area contributed by atoms with Gasteiger partial charge in [0, 0.05) is 0 Å². The molecule has 0 bridgehead atoms. The Morgan fingerprint density at radius 1 is 0.917 bits per heavy atom. The van der Waals surface area contributed by atoms with Gasteiger partial charge in [0.2, 0.25) is 0 Å². The van der Waals surface area contributed by atoms with E-state index in [4.69, 9.17) is 0 Å². The third-order valence-corrected chi connectivity index (χ3v) is 0.496. The SMILES string of the molecule is C/C=C\C=C/C.C=C.CPC.O. The van der Waals surface area contributed by atoms with E-state index >= 15 is 0 Å². The normalized spacial score (nSPS) is 7.67. The molecule has 74 valence electrons. The highest BCUT2D eigenvalue weighted by molar-refractivity contribution is 7.35. The Morgan fingerprint density at radius 3 is 1.17 bits per heavy atom. The summed E-state index contributed by atoms with van der Waals surface area (Å²) in [7, 11) is 1.08. The number of rotatable bonds is 1. The predicted molar refractivity (Wildman–Crippen MR) is 64.7 cm³/mol. The third kappa shape index (κ3) is 105. The number of hydrogen-bond acceptors (Lipinski definition) is 0. The summed E-state index contributed by atoms with van der Waals surface area (Å²) in [5.74, 6) is 0. The Labute approximate surface area is 79.4 Å². The predicted octanol–water partition coefficient (Wildman–Crippen LogP) is 3.04. The topological polar surface area (TPSA) is 31.5 Å². The molecule has 0 heterocycles. The minimum absolute atomic E-state index is 0. The summed E-state index contributed by atoms with van der Waals surface area (Å²) in [6.45, 7) is 14.3. The molecule has 0 aliphatic heterocycles. The fourth-order valence-corrected chi connectivity index (χ4v) is 0.222. The molecule has 0 amide bonds. The number of hydrogen-bond donors (Lipinski definition) is 0. The van der Waals surface area contributed by atoms with Crippen molar-refractivity contribution in [1.29, 1.82) is 0 Å². The van der Waals surface area contributed by atoms with Gasteiger partial charge in [-0.2, -0.15) is 0 Å². The molecule has 0 radical (unpaired) electrons. The van der Waals surface area contributed by atoms with Gasteiger partial charge in [-0.15, -0.1) is 21.7 Å².